The molecule has 5 nitrogen and oxygen atoms in total. The van der Waals surface area contributed by atoms with Gasteiger partial charge >= 0.3 is 5.97 Å². The molecule has 1 aliphatic rings. The Kier molecular flexibility index (Phi) is 3.59. The molecule has 23 heavy (non-hydrogen) atoms. The highest BCUT2D eigenvalue weighted by Crippen LogP contribution is 2.53. The van der Waals surface area contributed by atoms with Crippen molar-refractivity contribution < 1.29 is 23.7 Å². The van der Waals surface area contributed by atoms with E-state index in [2.05, 4.69) is 13.8 Å². The summed E-state index contributed by atoms with van der Waals surface area (Å²) in [5.74, 6) is 1.97. The molecular formula is C18H20O5. The summed E-state index contributed by atoms with van der Waals surface area (Å²) in [5, 5.41) is 1.59. The van der Waals surface area contributed by atoms with E-state index in [4.69, 9.17) is 18.9 Å². The average Bonchev–Trinajstić information content (AvgIpc) is 2.86. The molecule has 0 bridgehead atoms. The van der Waals surface area contributed by atoms with Crippen LogP contribution in [0.2, 0.25) is 0 Å². The van der Waals surface area contributed by atoms with E-state index in [0.29, 0.717) is 33.9 Å². The lowest BCUT2D eigenvalue weighted by molar-refractivity contribution is 0.0747. The lowest BCUT2D eigenvalue weighted by Crippen LogP contribution is -2.04. The monoisotopic (exact) mass is 316 g/mol. The molecule has 0 amide bonds. The summed E-state index contributed by atoms with van der Waals surface area (Å²) in [7, 11) is 4.73. The fourth-order valence-corrected chi connectivity index (χ4v) is 3.29. The summed E-state index contributed by atoms with van der Waals surface area (Å²) in [6.07, 6.45) is 0. The summed E-state index contributed by atoms with van der Waals surface area (Å²) in [4.78, 5) is 12.4. The van der Waals surface area contributed by atoms with Gasteiger partial charge in [-0.2, -0.15) is 0 Å². The zero-order valence-corrected chi connectivity index (χ0v) is 14.2. The number of carbonyl (C=O) groups excluding carboxylic acids is 1. The van der Waals surface area contributed by atoms with Crippen LogP contribution in [0.4, 0.5) is 0 Å². The topological polar surface area (TPSA) is 54.0 Å². The predicted octanol–water partition coefficient (Wildman–Crippen LogP) is 3.83. The molecule has 0 N–H and O–H groups in total. The van der Waals surface area contributed by atoms with Crippen LogP contribution in [0.1, 0.15) is 41.3 Å². The van der Waals surface area contributed by atoms with Gasteiger partial charge in [-0.05, 0) is 24.5 Å². The fraction of sp³-hybridized carbons (Fsp3) is 0.389. The summed E-state index contributed by atoms with van der Waals surface area (Å²) in [6, 6.07) is 1.90. The van der Waals surface area contributed by atoms with Gasteiger partial charge in [-0.25, -0.2) is 4.79 Å². The third-order valence-electron chi connectivity index (χ3n) is 4.31. The van der Waals surface area contributed by atoms with Crippen molar-refractivity contribution in [3.63, 3.8) is 0 Å². The Morgan fingerprint density at radius 3 is 2.17 bits per heavy atom. The van der Waals surface area contributed by atoms with Gasteiger partial charge in [0.2, 0.25) is 0 Å². The molecule has 5 heteroatoms. The zero-order valence-electron chi connectivity index (χ0n) is 14.2. The van der Waals surface area contributed by atoms with Crippen molar-refractivity contribution in [3.05, 3.63) is 22.8 Å². The highest BCUT2D eigenvalue weighted by atomic mass is 16.6. The van der Waals surface area contributed by atoms with Crippen LogP contribution in [0.15, 0.2) is 6.07 Å². The molecule has 0 spiro atoms. The van der Waals surface area contributed by atoms with Crippen LogP contribution in [-0.2, 0) is 0 Å². The number of esters is 1. The number of hydrogen-bond acceptors (Lipinski definition) is 5. The van der Waals surface area contributed by atoms with E-state index in [1.807, 2.05) is 13.0 Å². The first kappa shape index (κ1) is 15.5. The minimum Gasteiger partial charge on any atom is -0.496 e. The van der Waals surface area contributed by atoms with Crippen molar-refractivity contribution >= 4 is 16.7 Å². The SMILES string of the molecule is COc1cc(C(C)C)c2c(OC)c(C)c(OC)c3c2c1C(=O)O3. The summed E-state index contributed by atoms with van der Waals surface area (Å²) in [5.41, 5.74) is 2.28. The van der Waals surface area contributed by atoms with Crippen LogP contribution in [0.5, 0.6) is 23.0 Å². The molecule has 0 fully saturated rings. The van der Waals surface area contributed by atoms with Crippen molar-refractivity contribution in [1.29, 1.82) is 0 Å². The molecule has 0 unspecified atom stereocenters. The van der Waals surface area contributed by atoms with Crippen LogP contribution in [0.25, 0.3) is 10.8 Å². The molecule has 0 saturated carbocycles. The third kappa shape index (κ3) is 1.96. The van der Waals surface area contributed by atoms with Gasteiger partial charge in [0.15, 0.2) is 11.5 Å². The Bertz CT molecular complexity index is 820. The van der Waals surface area contributed by atoms with Gasteiger partial charge in [0.25, 0.3) is 0 Å². The third-order valence-corrected chi connectivity index (χ3v) is 4.31. The van der Waals surface area contributed by atoms with Crippen LogP contribution < -0.4 is 18.9 Å². The van der Waals surface area contributed by atoms with Gasteiger partial charge in [0, 0.05) is 10.9 Å². The number of hydrogen-bond donors (Lipinski definition) is 0. The average molecular weight is 316 g/mol. The first-order valence-electron chi connectivity index (χ1n) is 7.47. The standard InChI is InChI=1S/C18H20O5/c1-8(2)10-7-11(20-4)13-14-12(10)15(21-5)9(3)16(22-6)17(14)23-18(13)19/h7-8H,1-6H3. The second-order valence-electron chi connectivity index (χ2n) is 5.86. The Labute approximate surface area is 135 Å². The van der Waals surface area contributed by atoms with Gasteiger partial charge in [-0.1, -0.05) is 13.8 Å². The second kappa shape index (κ2) is 5.33. The maximum Gasteiger partial charge on any atom is 0.348 e. The molecule has 1 heterocycles. The van der Waals surface area contributed by atoms with Gasteiger partial charge in [0.05, 0.1) is 26.7 Å². The Morgan fingerprint density at radius 1 is 1.00 bits per heavy atom. The number of carbonyl (C=O) groups is 1. The van der Waals surface area contributed by atoms with Crippen molar-refractivity contribution in [1.82, 2.24) is 0 Å². The van der Waals surface area contributed by atoms with E-state index in [1.165, 1.54) is 0 Å². The molecule has 3 rings (SSSR count). The van der Waals surface area contributed by atoms with E-state index >= 15 is 0 Å². The molecule has 2 aromatic rings. The molecular weight excluding hydrogens is 296 g/mol. The smallest absolute Gasteiger partial charge is 0.348 e. The maximum atomic E-state index is 12.4. The predicted molar refractivity (Wildman–Crippen MR) is 87.4 cm³/mol. The van der Waals surface area contributed by atoms with Crippen LogP contribution in [-0.4, -0.2) is 27.3 Å². The minimum atomic E-state index is -0.428. The van der Waals surface area contributed by atoms with Crippen LogP contribution in [0.3, 0.4) is 0 Å². The second-order valence-corrected chi connectivity index (χ2v) is 5.86. The highest BCUT2D eigenvalue weighted by Gasteiger charge is 2.36. The lowest BCUT2D eigenvalue weighted by Gasteiger charge is -2.19. The normalized spacial score (nSPS) is 12.7. The van der Waals surface area contributed by atoms with E-state index < -0.39 is 5.97 Å². The Hall–Kier alpha value is -2.43. The molecule has 2 aromatic carbocycles. The van der Waals surface area contributed by atoms with Crippen molar-refractivity contribution in [2.24, 2.45) is 0 Å². The Balaban J connectivity index is 2.62. The van der Waals surface area contributed by atoms with Gasteiger partial charge in [0.1, 0.15) is 17.1 Å². The van der Waals surface area contributed by atoms with E-state index in [9.17, 15) is 4.79 Å². The molecule has 122 valence electrons. The van der Waals surface area contributed by atoms with E-state index in [0.717, 1.165) is 16.5 Å². The Morgan fingerprint density at radius 2 is 1.65 bits per heavy atom. The molecule has 0 aliphatic carbocycles. The minimum absolute atomic E-state index is 0.225. The molecule has 1 aliphatic heterocycles. The summed E-state index contributed by atoms with van der Waals surface area (Å²) < 4.78 is 22.1. The fourth-order valence-electron chi connectivity index (χ4n) is 3.29. The van der Waals surface area contributed by atoms with Crippen LogP contribution in [0, 0.1) is 6.92 Å². The zero-order chi connectivity index (χ0) is 16.9. The first-order valence-corrected chi connectivity index (χ1v) is 7.47. The van der Waals surface area contributed by atoms with Crippen molar-refractivity contribution in [2.45, 2.75) is 26.7 Å². The number of benzene rings is 2. The first-order chi connectivity index (χ1) is 11.0. The van der Waals surface area contributed by atoms with E-state index in [1.54, 1.807) is 21.3 Å². The maximum absolute atomic E-state index is 12.4. The quantitative estimate of drug-likeness (QED) is 0.634. The van der Waals surface area contributed by atoms with E-state index in [-0.39, 0.29) is 5.92 Å². The summed E-state index contributed by atoms with van der Waals surface area (Å²) >= 11 is 0. The number of methoxy groups -OCH3 is 3. The van der Waals surface area contributed by atoms with Crippen LogP contribution >= 0.6 is 0 Å². The highest BCUT2D eigenvalue weighted by molar-refractivity contribution is 6.18. The molecule has 0 aromatic heterocycles. The van der Waals surface area contributed by atoms with Gasteiger partial charge in [-0.3, -0.25) is 0 Å². The van der Waals surface area contributed by atoms with Crippen molar-refractivity contribution in [2.75, 3.05) is 21.3 Å². The van der Waals surface area contributed by atoms with Gasteiger partial charge in [-0.15, -0.1) is 0 Å². The van der Waals surface area contributed by atoms with Gasteiger partial charge < -0.3 is 18.9 Å². The number of rotatable bonds is 4. The summed E-state index contributed by atoms with van der Waals surface area (Å²) in [6.45, 7) is 6.08. The largest absolute Gasteiger partial charge is 0.496 e. The lowest BCUT2D eigenvalue weighted by atomic mass is 9.90. The molecule has 0 atom stereocenters. The molecule has 0 saturated heterocycles. The molecule has 0 radical (unpaired) electrons. The number of ether oxygens (including phenoxy) is 4. The van der Waals surface area contributed by atoms with Crippen molar-refractivity contribution in [3.8, 4) is 23.0 Å².